The van der Waals surface area contributed by atoms with Gasteiger partial charge in [0.2, 0.25) is 0 Å². The maximum absolute atomic E-state index is 13.6. The summed E-state index contributed by atoms with van der Waals surface area (Å²) >= 11 is 3.13. The second-order valence-electron chi connectivity index (χ2n) is 4.06. The van der Waals surface area contributed by atoms with Crippen molar-refractivity contribution in [2.24, 2.45) is 0 Å². The third kappa shape index (κ3) is 3.17. The number of carbonyl (C=O) groups excluding carboxylic acids is 1. The average molecular weight is 326 g/mol. The highest BCUT2D eigenvalue weighted by molar-refractivity contribution is 9.10. The summed E-state index contributed by atoms with van der Waals surface area (Å²) in [5, 5.41) is 2.53. The lowest BCUT2D eigenvalue weighted by Gasteiger charge is -2.08. The van der Waals surface area contributed by atoms with Crippen LogP contribution < -0.4 is 5.32 Å². The normalized spacial score (nSPS) is 10.3. The Balaban J connectivity index is 2.28. The van der Waals surface area contributed by atoms with Crippen LogP contribution in [0.25, 0.3) is 0 Å². The Morgan fingerprint density at radius 1 is 1.16 bits per heavy atom. The monoisotopic (exact) mass is 325 g/mol. The summed E-state index contributed by atoms with van der Waals surface area (Å²) in [5.41, 5.74) is 1.12. The van der Waals surface area contributed by atoms with Crippen LogP contribution in [-0.2, 0) is 0 Å². The molecule has 1 N–H and O–H groups in total. The first-order valence-electron chi connectivity index (χ1n) is 5.50. The Bertz CT molecular complexity index is 643. The summed E-state index contributed by atoms with van der Waals surface area (Å²) in [4.78, 5) is 12.0. The van der Waals surface area contributed by atoms with Crippen molar-refractivity contribution < 1.29 is 13.6 Å². The summed E-state index contributed by atoms with van der Waals surface area (Å²) < 4.78 is 26.9. The summed E-state index contributed by atoms with van der Waals surface area (Å²) in [6.07, 6.45) is 0. The van der Waals surface area contributed by atoms with Gasteiger partial charge in [-0.3, -0.25) is 4.79 Å². The van der Waals surface area contributed by atoms with E-state index in [2.05, 4.69) is 21.2 Å². The average Bonchev–Trinajstić information content (AvgIpc) is 2.35. The van der Waals surface area contributed by atoms with Gasteiger partial charge in [0.05, 0.1) is 11.3 Å². The molecule has 0 saturated carbocycles. The number of hydrogen-bond acceptors (Lipinski definition) is 1. The Labute approximate surface area is 117 Å². The molecule has 2 nitrogen and oxygen atoms in total. The van der Waals surface area contributed by atoms with E-state index in [1.807, 2.05) is 0 Å². The molecule has 98 valence electrons. The van der Waals surface area contributed by atoms with Crippen molar-refractivity contribution >= 4 is 27.5 Å². The molecule has 0 unspecified atom stereocenters. The molecule has 0 aromatic heterocycles. The fraction of sp³-hybridized carbons (Fsp3) is 0.0714. The summed E-state index contributed by atoms with van der Waals surface area (Å²) in [6, 6.07) is 8.13. The number of rotatable bonds is 2. The van der Waals surface area contributed by atoms with Gasteiger partial charge < -0.3 is 5.32 Å². The number of aryl methyl sites for hydroxylation is 1. The van der Waals surface area contributed by atoms with Gasteiger partial charge in [-0.2, -0.15) is 0 Å². The summed E-state index contributed by atoms with van der Waals surface area (Å²) in [6.45, 7) is 1.77. The minimum atomic E-state index is -0.596. The summed E-state index contributed by atoms with van der Waals surface area (Å²) in [7, 11) is 0. The lowest BCUT2D eigenvalue weighted by atomic mass is 10.1. The minimum absolute atomic E-state index is 0.0452. The molecule has 2 rings (SSSR count). The first-order chi connectivity index (χ1) is 8.97. The maximum atomic E-state index is 13.6. The van der Waals surface area contributed by atoms with Crippen LogP contribution in [0.1, 0.15) is 15.9 Å². The van der Waals surface area contributed by atoms with Crippen molar-refractivity contribution in [3.8, 4) is 0 Å². The van der Waals surface area contributed by atoms with Crippen LogP contribution in [0.3, 0.4) is 0 Å². The highest BCUT2D eigenvalue weighted by Crippen LogP contribution is 2.24. The molecule has 0 aliphatic heterocycles. The van der Waals surface area contributed by atoms with E-state index in [0.29, 0.717) is 10.2 Å². The molecular weight excluding hydrogens is 316 g/mol. The largest absolute Gasteiger partial charge is 0.321 e. The van der Waals surface area contributed by atoms with Crippen LogP contribution in [0.15, 0.2) is 40.9 Å². The molecule has 5 heteroatoms. The molecule has 19 heavy (non-hydrogen) atoms. The first kappa shape index (κ1) is 13.7. The van der Waals surface area contributed by atoms with Gasteiger partial charge in [-0.15, -0.1) is 0 Å². The predicted molar refractivity (Wildman–Crippen MR) is 73.2 cm³/mol. The van der Waals surface area contributed by atoms with Crippen molar-refractivity contribution in [2.45, 2.75) is 6.92 Å². The Kier molecular flexibility index (Phi) is 3.95. The predicted octanol–water partition coefficient (Wildman–Crippen LogP) is 4.29. The van der Waals surface area contributed by atoms with Crippen molar-refractivity contribution in [2.75, 3.05) is 5.32 Å². The molecule has 0 fully saturated rings. The highest BCUT2D eigenvalue weighted by atomic mass is 79.9. The lowest BCUT2D eigenvalue weighted by molar-refractivity contribution is 0.102. The van der Waals surface area contributed by atoms with Crippen molar-refractivity contribution in [1.29, 1.82) is 0 Å². The molecule has 0 aliphatic carbocycles. The molecule has 0 spiro atoms. The van der Waals surface area contributed by atoms with Gasteiger partial charge in [-0.05, 0) is 53.2 Å². The Morgan fingerprint density at radius 2 is 1.89 bits per heavy atom. The zero-order valence-electron chi connectivity index (χ0n) is 10.0. The number of benzene rings is 2. The number of amides is 1. The quantitative estimate of drug-likeness (QED) is 0.876. The maximum Gasteiger partial charge on any atom is 0.258 e. The number of anilines is 1. The molecule has 0 atom stereocenters. The standard InChI is InChI=1S/C14H10BrF2NO/c1-8-2-4-12(17)10(6-8)14(19)18-13-5-3-9(16)7-11(13)15/h2-7H,1H3,(H,18,19). The molecule has 0 radical (unpaired) electrons. The van der Waals surface area contributed by atoms with Crippen LogP contribution in [-0.4, -0.2) is 5.91 Å². The molecule has 1 amide bonds. The van der Waals surface area contributed by atoms with Gasteiger partial charge >= 0.3 is 0 Å². The zero-order chi connectivity index (χ0) is 14.0. The van der Waals surface area contributed by atoms with E-state index < -0.39 is 17.5 Å². The van der Waals surface area contributed by atoms with E-state index in [9.17, 15) is 13.6 Å². The second kappa shape index (κ2) is 5.48. The van der Waals surface area contributed by atoms with E-state index in [4.69, 9.17) is 0 Å². The highest BCUT2D eigenvalue weighted by Gasteiger charge is 2.13. The van der Waals surface area contributed by atoms with Gasteiger partial charge in [-0.25, -0.2) is 8.78 Å². The lowest BCUT2D eigenvalue weighted by Crippen LogP contribution is -2.14. The van der Waals surface area contributed by atoms with Crippen LogP contribution in [0, 0.1) is 18.6 Å². The topological polar surface area (TPSA) is 29.1 Å². The van der Waals surface area contributed by atoms with Crippen LogP contribution in [0.5, 0.6) is 0 Å². The van der Waals surface area contributed by atoms with E-state index in [1.54, 1.807) is 13.0 Å². The molecule has 0 heterocycles. The van der Waals surface area contributed by atoms with Gasteiger partial charge in [0.1, 0.15) is 11.6 Å². The van der Waals surface area contributed by atoms with Crippen molar-refractivity contribution in [3.63, 3.8) is 0 Å². The zero-order valence-corrected chi connectivity index (χ0v) is 11.6. The van der Waals surface area contributed by atoms with Gasteiger partial charge in [0.15, 0.2) is 0 Å². The van der Waals surface area contributed by atoms with E-state index in [-0.39, 0.29) is 5.56 Å². The minimum Gasteiger partial charge on any atom is -0.321 e. The van der Waals surface area contributed by atoms with Crippen molar-refractivity contribution in [3.05, 3.63) is 63.6 Å². The smallest absolute Gasteiger partial charge is 0.258 e. The first-order valence-corrected chi connectivity index (χ1v) is 6.29. The third-order valence-electron chi connectivity index (χ3n) is 2.55. The van der Waals surface area contributed by atoms with Gasteiger partial charge in [0.25, 0.3) is 5.91 Å². The van der Waals surface area contributed by atoms with Crippen LogP contribution in [0.4, 0.5) is 14.5 Å². The number of hydrogen-bond donors (Lipinski definition) is 1. The second-order valence-corrected chi connectivity index (χ2v) is 4.92. The Morgan fingerprint density at radius 3 is 2.58 bits per heavy atom. The Hall–Kier alpha value is -1.75. The van der Waals surface area contributed by atoms with E-state index in [1.165, 1.54) is 30.3 Å². The fourth-order valence-corrected chi connectivity index (χ4v) is 2.04. The van der Waals surface area contributed by atoms with Gasteiger partial charge in [-0.1, -0.05) is 11.6 Å². The SMILES string of the molecule is Cc1ccc(F)c(C(=O)Nc2ccc(F)cc2Br)c1. The third-order valence-corrected chi connectivity index (χ3v) is 3.20. The number of nitrogens with one attached hydrogen (secondary N) is 1. The molecule has 2 aromatic rings. The number of carbonyl (C=O) groups is 1. The molecule has 0 aliphatic rings. The molecule has 0 bridgehead atoms. The molecule has 0 saturated heterocycles. The number of halogens is 3. The summed E-state index contributed by atoms with van der Waals surface area (Å²) in [5.74, 6) is -1.60. The molecule has 2 aromatic carbocycles. The van der Waals surface area contributed by atoms with E-state index >= 15 is 0 Å². The van der Waals surface area contributed by atoms with Crippen molar-refractivity contribution in [1.82, 2.24) is 0 Å². The molecular formula is C14H10BrF2NO. The van der Waals surface area contributed by atoms with Gasteiger partial charge in [0, 0.05) is 4.47 Å². The fourth-order valence-electron chi connectivity index (χ4n) is 1.59. The van der Waals surface area contributed by atoms with E-state index in [0.717, 1.165) is 5.56 Å². The van der Waals surface area contributed by atoms with Crippen LogP contribution >= 0.6 is 15.9 Å². The van der Waals surface area contributed by atoms with Crippen LogP contribution in [0.2, 0.25) is 0 Å².